The lowest BCUT2D eigenvalue weighted by Crippen LogP contribution is -2.26. The van der Waals surface area contributed by atoms with E-state index in [1.807, 2.05) is 0 Å². The second kappa shape index (κ2) is 12.4. The van der Waals surface area contributed by atoms with E-state index in [0.717, 1.165) is 17.1 Å². The van der Waals surface area contributed by atoms with Gasteiger partial charge < -0.3 is 4.90 Å². The minimum atomic E-state index is -0.421. The van der Waals surface area contributed by atoms with Crippen LogP contribution in [0.25, 0.3) is 44.5 Å². The van der Waals surface area contributed by atoms with Gasteiger partial charge in [0, 0.05) is 23.0 Å². The fourth-order valence-corrected chi connectivity index (χ4v) is 10.4. The molecule has 266 valence electrons. The maximum Gasteiger partial charge on any atom is 0.0726 e. The van der Waals surface area contributed by atoms with Crippen LogP contribution in [0.15, 0.2) is 218 Å². The molecule has 9 aromatic carbocycles. The third-order valence-corrected chi connectivity index (χ3v) is 12.8. The molecule has 0 saturated heterocycles. The van der Waals surface area contributed by atoms with Crippen molar-refractivity contribution in [2.45, 2.75) is 11.3 Å². The van der Waals surface area contributed by atoms with Gasteiger partial charge in [-0.15, -0.1) is 0 Å². The Morgan fingerprint density at radius 2 is 0.737 bits per heavy atom. The number of hydrogen-bond donors (Lipinski definition) is 0. The summed E-state index contributed by atoms with van der Waals surface area (Å²) in [6, 6.07) is 81.2. The minimum Gasteiger partial charge on any atom is -0.310 e. The average molecular weight is 724 g/mol. The van der Waals surface area contributed by atoms with Gasteiger partial charge in [0.1, 0.15) is 0 Å². The Balaban J connectivity index is 1.09. The molecule has 1 heteroatoms. The molecule has 0 radical (unpaired) electrons. The normalized spacial score (nSPS) is 14.6. The molecule has 0 heterocycles. The first-order chi connectivity index (χ1) is 28.3. The molecule has 0 aromatic heterocycles. The van der Waals surface area contributed by atoms with Crippen LogP contribution in [0.2, 0.25) is 0 Å². The Hall–Kier alpha value is -7.22. The summed E-state index contributed by atoms with van der Waals surface area (Å²) in [5.41, 5.74) is 22.7. The molecular formula is C56H37N. The molecule has 12 rings (SSSR count). The van der Waals surface area contributed by atoms with Gasteiger partial charge in [0.25, 0.3) is 0 Å². The van der Waals surface area contributed by atoms with Crippen molar-refractivity contribution in [3.63, 3.8) is 0 Å². The maximum atomic E-state index is 2.50. The number of benzene rings is 9. The lowest BCUT2D eigenvalue weighted by atomic mass is 9.70. The predicted molar refractivity (Wildman–Crippen MR) is 236 cm³/mol. The minimum absolute atomic E-state index is 0.156. The van der Waals surface area contributed by atoms with E-state index < -0.39 is 5.41 Å². The summed E-state index contributed by atoms with van der Waals surface area (Å²) in [6.45, 7) is 0. The van der Waals surface area contributed by atoms with Crippen molar-refractivity contribution in [3.05, 3.63) is 257 Å². The van der Waals surface area contributed by atoms with Gasteiger partial charge in [-0.05, 0) is 120 Å². The van der Waals surface area contributed by atoms with Gasteiger partial charge in [0.05, 0.1) is 5.41 Å². The van der Waals surface area contributed by atoms with Gasteiger partial charge in [-0.25, -0.2) is 0 Å². The molecule has 1 atom stereocenters. The lowest BCUT2D eigenvalue weighted by Gasteiger charge is -2.32. The summed E-state index contributed by atoms with van der Waals surface area (Å²) >= 11 is 0. The molecule has 1 nitrogen and oxygen atoms in total. The van der Waals surface area contributed by atoms with Crippen LogP contribution in [0.1, 0.15) is 44.9 Å². The maximum absolute atomic E-state index is 2.50. The van der Waals surface area contributed by atoms with Crippen LogP contribution in [0, 0.1) is 0 Å². The van der Waals surface area contributed by atoms with Gasteiger partial charge in [-0.1, -0.05) is 182 Å². The number of fused-ring (bicyclic) bond motifs is 13. The fourth-order valence-electron chi connectivity index (χ4n) is 10.4. The largest absolute Gasteiger partial charge is 0.310 e. The van der Waals surface area contributed by atoms with E-state index in [4.69, 9.17) is 0 Å². The van der Waals surface area contributed by atoms with Crippen molar-refractivity contribution in [1.29, 1.82) is 0 Å². The Labute approximate surface area is 333 Å². The smallest absolute Gasteiger partial charge is 0.0726 e. The van der Waals surface area contributed by atoms with Crippen molar-refractivity contribution in [3.8, 4) is 44.5 Å². The number of rotatable bonds is 5. The van der Waals surface area contributed by atoms with Gasteiger partial charge >= 0.3 is 0 Å². The third-order valence-electron chi connectivity index (χ3n) is 12.8. The summed E-state index contributed by atoms with van der Waals surface area (Å²) < 4.78 is 0. The van der Waals surface area contributed by atoms with Crippen molar-refractivity contribution in [2.75, 3.05) is 4.90 Å². The first-order valence-corrected chi connectivity index (χ1v) is 20.0. The van der Waals surface area contributed by atoms with Crippen molar-refractivity contribution >= 4 is 17.1 Å². The third kappa shape index (κ3) is 4.57. The van der Waals surface area contributed by atoms with E-state index in [1.54, 1.807) is 0 Å². The second-order valence-electron chi connectivity index (χ2n) is 15.6. The van der Waals surface area contributed by atoms with Crippen LogP contribution < -0.4 is 4.90 Å². The van der Waals surface area contributed by atoms with Crippen molar-refractivity contribution < 1.29 is 0 Å². The molecule has 1 unspecified atom stereocenters. The molecule has 9 aromatic rings. The Morgan fingerprint density at radius 1 is 0.298 bits per heavy atom. The monoisotopic (exact) mass is 723 g/mol. The first-order valence-electron chi connectivity index (χ1n) is 20.0. The molecule has 0 bridgehead atoms. The second-order valence-corrected chi connectivity index (χ2v) is 15.6. The highest BCUT2D eigenvalue weighted by molar-refractivity contribution is 5.96. The Morgan fingerprint density at radius 3 is 1.37 bits per heavy atom. The average Bonchev–Trinajstić information content (AvgIpc) is 3.89. The molecule has 1 spiro atoms. The molecule has 57 heavy (non-hydrogen) atoms. The molecular weight excluding hydrogens is 687 g/mol. The Bertz CT molecular complexity index is 2950. The lowest BCUT2D eigenvalue weighted by molar-refractivity contribution is 0.793. The zero-order valence-corrected chi connectivity index (χ0v) is 31.3. The van der Waals surface area contributed by atoms with E-state index in [-0.39, 0.29) is 5.92 Å². The van der Waals surface area contributed by atoms with Crippen LogP contribution in [0.3, 0.4) is 0 Å². The molecule has 3 aliphatic carbocycles. The molecule has 0 aliphatic heterocycles. The van der Waals surface area contributed by atoms with Crippen molar-refractivity contribution in [1.82, 2.24) is 0 Å². The van der Waals surface area contributed by atoms with Crippen LogP contribution in [0.5, 0.6) is 0 Å². The standard InChI is InChI=1S/C56H37N/c1-3-15-37(16-4-1)38-27-29-40(30-28-38)57(41-31-33-44-43-19-7-8-23-49(43)55(50(44)35-41)39-17-5-2-6-18-39)42-32-34-48-47-22-11-14-26-53(47)56(54(48)36-42)51-24-12-9-20-45(51)46-21-10-13-25-52(46)56/h1-36,55H. The molecule has 0 fully saturated rings. The summed E-state index contributed by atoms with van der Waals surface area (Å²) in [7, 11) is 0. The number of anilines is 3. The topological polar surface area (TPSA) is 3.24 Å². The Kier molecular flexibility index (Phi) is 6.97. The SMILES string of the molecule is c1ccc(-c2ccc(N(c3ccc4c(c3)C(c3ccccc3)c3ccccc3-4)c3ccc4c(c3)C3(c5ccccc5-c5ccccc53)c3ccccc3-4)cc2)cc1. The highest BCUT2D eigenvalue weighted by atomic mass is 15.1. The predicted octanol–water partition coefficient (Wildman–Crippen LogP) is 14.3. The van der Waals surface area contributed by atoms with E-state index in [0.29, 0.717) is 0 Å². The van der Waals surface area contributed by atoms with E-state index in [9.17, 15) is 0 Å². The summed E-state index contributed by atoms with van der Waals surface area (Å²) in [5.74, 6) is 0.156. The molecule has 0 N–H and O–H groups in total. The summed E-state index contributed by atoms with van der Waals surface area (Å²) in [4.78, 5) is 2.48. The van der Waals surface area contributed by atoms with Gasteiger partial charge in [-0.3, -0.25) is 0 Å². The van der Waals surface area contributed by atoms with Crippen LogP contribution >= 0.6 is 0 Å². The number of hydrogen-bond acceptors (Lipinski definition) is 1. The van der Waals surface area contributed by atoms with E-state index in [1.165, 1.54) is 83.5 Å². The molecule has 3 aliphatic rings. The highest BCUT2D eigenvalue weighted by Crippen LogP contribution is 2.63. The van der Waals surface area contributed by atoms with E-state index in [2.05, 4.69) is 223 Å². The summed E-state index contributed by atoms with van der Waals surface area (Å²) in [5, 5.41) is 0. The first kappa shape index (κ1) is 32.1. The van der Waals surface area contributed by atoms with Gasteiger partial charge in [-0.2, -0.15) is 0 Å². The van der Waals surface area contributed by atoms with Crippen LogP contribution in [-0.2, 0) is 5.41 Å². The van der Waals surface area contributed by atoms with Crippen LogP contribution in [0.4, 0.5) is 17.1 Å². The van der Waals surface area contributed by atoms with Gasteiger partial charge in [0.2, 0.25) is 0 Å². The van der Waals surface area contributed by atoms with Crippen molar-refractivity contribution in [2.24, 2.45) is 0 Å². The molecule has 0 saturated carbocycles. The zero-order chi connectivity index (χ0) is 37.5. The number of nitrogens with zero attached hydrogens (tertiary/aromatic N) is 1. The quantitative estimate of drug-likeness (QED) is 0.171. The highest BCUT2D eigenvalue weighted by Gasteiger charge is 2.51. The molecule has 0 amide bonds. The van der Waals surface area contributed by atoms with Gasteiger partial charge in [0.15, 0.2) is 0 Å². The zero-order valence-electron chi connectivity index (χ0n) is 31.3. The summed E-state index contributed by atoms with van der Waals surface area (Å²) in [6.07, 6.45) is 0. The van der Waals surface area contributed by atoms with Crippen LogP contribution in [-0.4, -0.2) is 0 Å². The van der Waals surface area contributed by atoms with E-state index >= 15 is 0 Å². The fraction of sp³-hybridized carbons (Fsp3) is 0.0357.